The molecule has 1 aliphatic rings. The van der Waals surface area contributed by atoms with E-state index in [1.165, 1.54) is 36.4 Å². The molecule has 9 nitrogen and oxygen atoms in total. The molecule has 0 aromatic heterocycles. The number of rotatable bonds is 7. The standard InChI is InChI=1S/C19H20N4O5S/c24-19(21-20-15-6-4-5-7-15)14-22(16-10-12-17(13-11-16)23(25)26)29(27,28)18-8-2-1-3-9-18/h1-3,8-13H,4-7,14H2,(H,21,24). The topological polar surface area (TPSA) is 122 Å². The van der Waals surface area contributed by atoms with Crippen LogP contribution in [0.25, 0.3) is 0 Å². The van der Waals surface area contributed by atoms with E-state index in [-0.39, 0.29) is 16.3 Å². The van der Waals surface area contributed by atoms with Crippen molar-refractivity contribution in [2.24, 2.45) is 5.10 Å². The van der Waals surface area contributed by atoms with Crippen molar-refractivity contribution in [3.63, 3.8) is 0 Å². The molecule has 0 saturated heterocycles. The molecular formula is C19H20N4O5S. The number of amides is 1. The molecule has 0 bridgehead atoms. The van der Waals surface area contributed by atoms with Crippen LogP contribution in [0.4, 0.5) is 11.4 Å². The van der Waals surface area contributed by atoms with E-state index >= 15 is 0 Å². The SMILES string of the molecule is O=C(CN(c1ccc([N+](=O)[O-])cc1)S(=O)(=O)c1ccccc1)NN=C1CCCC1. The highest BCUT2D eigenvalue weighted by Crippen LogP contribution is 2.25. The lowest BCUT2D eigenvalue weighted by molar-refractivity contribution is -0.384. The van der Waals surface area contributed by atoms with E-state index in [1.54, 1.807) is 18.2 Å². The number of hydrogen-bond acceptors (Lipinski definition) is 6. The number of anilines is 1. The smallest absolute Gasteiger partial charge is 0.269 e. The molecule has 10 heteroatoms. The molecule has 3 rings (SSSR count). The van der Waals surface area contributed by atoms with Crippen LogP contribution in [0.3, 0.4) is 0 Å². The number of nitro groups is 1. The largest absolute Gasteiger partial charge is 0.271 e. The fourth-order valence-electron chi connectivity index (χ4n) is 2.98. The normalized spacial score (nSPS) is 13.7. The zero-order valence-electron chi connectivity index (χ0n) is 15.5. The van der Waals surface area contributed by atoms with Crippen molar-refractivity contribution < 1.29 is 18.1 Å². The molecule has 1 aliphatic carbocycles. The summed E-state index contributed by atoms with van der Waals surface area (Å²) in [5.41, 5.74) is 3.26. The average Bonchev–Trinajstić information content (AvgIpc) is 3.25. The maximum absolute atomic E-state index is 13.1. The monoisotopic (exact) mass is 416 g/mol. The highest BCUT2D eigenvalue weighted by molar-refractivity contribution is 7.92. The van der Waals surface area contributed by atoms with Crippen LogP contribution in [-0.2, 0) is 14.8 Å². The summed E-state index contributed by atoms with van der Waals surface area (Å²) in [6.07, 6.45) is 3.67. The van der Waals surface area contributed by atoms with Crippen molar-refractivity contribution in [3.8, 4) is 0 Å². The maximum atomic E-state index is 13.1. The molecule has 1 N–H and O–H groups in total. The summed E-state index contributed by atoms with van der Waals surface area (Å²) < 4.78 is 27.2. The molecule has 0 radical (unpaired) electrons. The van der Waals surface area contributed by atoms with Gasteiger partial charge in [-0.15, -0.1) is 0 Å². The van der Waals surface area contributed by atoms with Gasteiger partial charge < -0.3 is 0 Å². The Kier molecular flexibility index (Phi) is 6.23. The predicted molar refractivity (Wildman–Crippen MR) is 108 cm³/mol. The Hall–Kier alpha value is -3.27. The van der Waals surface area contributed by atoms with Crippen molar-refractivity contribution in [2.75, 3.05) is 10.8 Å². The predicted octanol–water partition coefficient (Wildman–Crippen LogP) is 2.84. The van der Waals surface area contributed by atoms with Gasteiger partial charge in [-0.2, -0.15) is 5.10 Å². The third-order valence-electron chi connectivity index (χ3n) is 4.49. The number of nitrogens with one attached hydrogen (secondary N) is 1. The third-order valence-corrected chi connectivity index (χ3v) is 6.27. The Bertz CT molecular complexity index is 1010. The maximum Gasteiger partial charge on any atom is 0.269 e. The van der Waals surface area contributed by atoms with Crippen LogP contribution in [0.2, 0.25) is 0 Å². The molecule has 0 aliphatic heterocycles. The van der Waals surface area contributed by atoms with E-state index in [2.05, 4.69) is 10.5 Å². The summed E-state index contributed by atoms with van der Waals surface area (Å²) in [6.45, 7) is -0.508. The number of non-ortho nitro benzene ring substituents is 1. The van der Waals surface area contributed by atoms with Crippen LogP contribution in [-0.4, -0.2) is 31.5 Å². The average molecular weight is 416 g/mol. The molecule has 0 atom stereocenters. The van der Waals surface area contributed by atoms with Gasteiger partial charge in [0, 0.05) is 17.8 Å². The molecule has 0 spiro atoms. The van der Waals surface area contributed by atoms with E-state index in [0.717, 1.165) is 35.7 Å². The second-order valence-electron chi connectivity index (χ2n) is 6.52. The van der Waals surface area contributed by atoms with Crippen molar-refractivity contribution >= 4 is 33.0 Å². The van der Waals surface area contributed by atoms with Crippen LogP contribution in [0.5, 0.6) is 0 Å². The third kappa shape index (κ3) is 4.96. The number of sulfonamides is 1. The fraction of sp³-hybridized carbons (Fsp3) is 0.263. The van der Waals surface area contributed by atoms with E-state index in [0.29, 0.717) is 0 Å². The van der Waals surface area contributed by atoms with Gasteiger partial charge in [-0.05, 0) is 49.9 Å². The minimum atomic E-state index is -4.07. The second-order valence-corrected chi connectivity index (χ2v) is 8.38. The van der Waals surface area contributed by atoms with Gasteiger partial charge in [0.2, 0.25) is 0 Å². The molecule has 1 fully saturated rings. The molecule has 152 valence electrons. The fourth-order valence-corrected chi connectivity index (χ4v) is 4.42. The Morgan fingerprint density at radius 3 is 2.28 bits per heavy atom. The van der Waals surface area contributed by atoms with Gasteiger partial charge in [0.25, 0.3) is 21.6 Å². The first-order chi connectivity index (χ1) is 13.9. The molecule has 2 aromatic carbocycles. The lowest BCUT2D eigenvalue weighted by Gasteiger charge is -2.23. The molecule has 0 unspecified atom stereocenters. The summed E-state index contributed by atoms with van der Waals surface area (Å²) in [6, 6.07) is 12.7. The molecule has 2 aromatic rings. The minimum Gasteiger partial charge on any atom is -0.271 e. The Labute approximate surface area is 168 Å². The highest BCUT2D eigenvalue weighted by Gasteiger charge is 2.27. The Balaban J connectivity index is 1.89. The zero-order chi connectivity index (χ0) is 20.9. The first-order valence-electron chi connectivity index (χ1n) is 9.04. The lowest BCUT2D eigenvalue weighted by atomic mass is 10.3. The summed E-state index contributed by atoms with van der Waals surface area (Å²) in [4.78, 5) is 22.7. The van der Waals surface area contributed by atoms with Crippen molar-refractivity contribution in [1.29, 1.82) is 0 Å². The molecule has 1 amide bonds. The van der Waals surface area contributed by atoms with Crippen LogP contribution >= 0.6 is 0 Å². The van der Waals surface area contributed by atoms with Gasteiger partial charge in [0.15, 0.2) is 0 Å². The van der Waals surface area contributed by atoms with Crippen LogP contribution in [0, 0.1) is 10.1 Å². The number of nitro benzene ring substituents is 1. The van der Waals surface area contributed by atoms with Crippen molar-refractivity contribution in [1.82, 2.24) is 5.43 Å². The number of hydrogen-bond donors (Lipinski definition) is 1. The number of nitrogens with zero attached hydrogens (tertiary/aromatic N) is 3. The number of carbonyl (C=O) groups is 1. The molecule has 29 heavy (non-hydrogen) atoms. The Morgan fingerprint density at radius 2 is 1.69 bits per heavy atom. The van der Waals surface area contributed by atoms with Gasteiger partial charge in [-0.1, -0.05) is 18.2 Å². The van der Waals surface area contributed by atoms with Gasteiger partial charge in [-0.3, -0.25) is 19.2 Å². The number of hydrazone groups is 1. The van der Waals surface area contributed by atoms with Gasteiger partial charge >= 0.3 is 0 Å². The van der Waals surface area contributed by atoms with E-state index in [9.17, 15) is 23.3 Å². The first-order valence-corrected chi connectivity index (χ1v) is 10.5. The molecule has 1 saturated carbocycles. The molecule has 0 heterocycles. The quantitative estimate of drug-likeness (QED) is 0.549. The van der Waals surface area contributed by atoms with Crippen molar-refractivity contribution in [3.05, 3.63) is 64.7 Å². The van der Waals surface area contributed by atoms with Gasteiger partial charge in [0.1, 0.15) is 6.54 Å². The van der Waals surface area contributed by atoms with Gasteiger partial charge in [0.05, 0.1) is 15.5 Å². The summed E-state index contributed by atoms with van der Waals surface area (Å²) in [5.74, 6) is -0.595. The van der Waals surface area contributed by atoms with E-state index in [4.69, 9.17) is 0 Å². The number of benzene rings is 2. The minimum absolute atomic E-state index is 0.00765. The summed E-state index contributed by atoms with van der Waals surface area (Å²) in [5, 5.41) is 15.0. The Morgan fingerprint density at radius 1 is 1.07 bits per heavy atom. The second kappa shape index (κ2) is 8.82. The zero-order valence-corrected chi connectivity index (χ0v) is 16.3. The highest BCUT2D eigenvalue weighted by atomic mass is 32.2. The molecular weight excluding hydrogens is 396 g/mol. The summed E-state index contributed by atoms with van der Waals surface area (Å²) >= 11 is 0. The lowest BCUT2D eigenvalue weighted by Crippen LogP contribution is -2.39. The number of carbonyl (C=O) groups excluding carboxylic acids is 1. The van der Waals surface area contributed by atoms with Crippen LogP contribution in [0.1, 0.15) is 25.7 Å². The van der Waals surface area contributed by atoms with E-state index in [1.807, 2.05) is 0 Å². The summed E-state index contributed by atoms with van der Waals surface area (Å²) in [7, 11) is -4.07. The van der Waals surface area contributed by atoms with Crippen LogP contribution in [0.15, 0.2) is 64.6 Å². The van der Waals surface area contributed by atoms with E-state index < -0.39 is 27.4 Å². The first kappa shape index (κ1) is 20.5. The van der Waals surface area contributed by atoms with Gasteiger partial charge in [-0.25, -0.2) is 13.8 Å². The van der Waals surface area contributed by atoms with Crippen LogP contribution < -0.4 is 9.73 Å². The van der Waals surface area contributed by atoms with Crippen molar-refractivity contribution in [2.45, 2.75) is 30.6 Å².